The predicted molar refractivity (Wildman–Crippen MR) is 75.6 cm³/mol. The molecule has 0 heteroatoms. The molecule has 0 aliphatic heterocycles. The molecular formula is C16H34. The molecule has 0 N–H and O–H groups in total. The molecule has 0 aromatic rings. The van der Waals surface area contributed by atoms with Gasteiger partial charge in [0.2, 0.25) is 0 Å². The van der Waals surface area contributed by atoms with Crippen LogP contribution in [0.3, 0.4) is 0 Å². The maximum Gasteiger partial charge on any atom is -0.0386 e. The molecule has 5 atom stereocenters. The molecule has 16 heavy (non-hydrogen) atoms. The van der Waals surface area contributed by atoms with E-state index in [4.69, 9.17) is 0 Å². The van der Waals surface area contributed by atoms with Gasteiger partial charge in [0.1, 0.15) is 0 Å². The molecule has 0 amide bonds. The Balaban J connectivity index is 4.34. The van der Waals surface area contributed by atoms with Crippen molar-refractivity contribution in [3.8, 4) is 0 Å². The molecule has 0 heterocycles. The van der Waals surface area contributed by atoms with Crippen molar-refractivity contribution >= 4 is 0 Å². The third kappa shape index (κ3) is 4.89. The van der Waals surface area contributed by atoms with Crippen LogP contribution in [0, 0.1) is 29.6 Å². The molecule has 0 nitrogen and oxygen atoms in total. The second kappa shape index (κ2) is 8.14. The third-order valence-corrected chi connectivity index (χ3v) is 5.04. The van der Waals surface area contributed by atoms with Crippen LogP contribution in [0.5, 0.6) is 0 Å². The Hall–Kier alpha value is 0. The van der Waals surface area contributed by atoms with E-state index >= 15 is 0 Å². The van der Waals surface area contributed by atoms with Crippen LogP contribution in [0.1, 0.15) is 74.1 Å². The lowest BCUT2D eigenvalue weighted by Gasteiger charge is -2.33. The van der Waals surface area contributed by atoms with Crippen LogP contribution in [0.25, 0.3) is 0 Å². The Kier molecular flexibility index (Phi) is 8.14. The summed E-state index contributed by atoms with van der Waals surface area (Å²) in [6, 6.07) is 0. The topological polar surface area (TPSA) is 0 Å². The Morgan fingerprint density at radius 2 is 1.25 bits per heavy atom. The van der Waals surface area contributed by atoms with Crippen molar-refractivity contribution in [2.45, 2.75) is 74.1 Å². The zero-order valence-corrected chi connectivity index (χ0v) is 12.7. The van der Waals surface area contributed by atoms with Crippen LogP contribution >= 0.6 is 0 Å². The largest absolute Gasteiger partial charge is 0.0651 e. The number of hydrogen-bond donors (Lipinski definition) is 0. The summed E-state index contributed by atoms with van der Waals surface area (Å²) in [6.45, 7) is 16.8. The van der Waals surface area contributed by atoms with Crippen molar-refractivity contribution in [2.24, 2.45) is 29.6 Å². The molecular weight excluding hydrogens is 192 g/mol. The second-order valence-corrected chi connectivity index (χ2v) is 6.02. The first-order chi connectivity index (χ1) is 7.47. The fourth-order valence-corrected chi connectivity index (χ4v) is 2.76. The van der Waals surface area contributed by atoms with E-state index in [-0.39, 0.29) is 0 Å². The Morgan fingerprint density at radius 3 is 1.62 bits per heavy atom. The second-order valence-electron chi connectivity index (χ2n) is 6.02. The lowest BCUT2D eigenvalue weighted by atomic mass is 9.73. The minimum Gasteiger partial charge on any atom is -0.0651 e. The fraction of sp³-hybridized carbons (Fsp3) is 1.00. The van der Waals surface area contributed by atoms with E-state index in [2.05, 4.69) is 48.5 Å². The van der Waals surface area contributed by atoms with Crippen LogP contribution in [0.4, 0.5) is 0 Å². The highest BCUT2D eigenvalue weighted by Gasteiger charge is 2.25. The molecule has 0 aromatic carbocycles. The molecule has 0 spiro atoms. The smallest absolute Gasteiger partial charge is 0.0386 e. The Labute approximate surface area is 104 Å². The van der Waals surface area contributed by atoms with Gasteiger partial charge in [-0.15, -0.1) is 0 Å². The van der Waals surface area contributed by atoms with Gasteiger partial charge in [-0.1, -0.05) is 67.7 Å². The van der Waals surface area contributed by atoms with Gasteiger partial charge in [0.25, 0.3) is 0 Å². The summed E-state index contributed by atoms with van der Waals surface area (Å²) in [6.07, 6.45) is 5.44. The van der Waals surface area contributed by atoms with Crippen molar-refractivity contribution in [1.29, 1.82) is 0 Å². The number of hydrogen-bond acceptors (Lipinski definition) is 0. The minimum atomic E-state index is 0.874. The average Bonchev–Trinajstić information content (AvgIpc) is 2.32. The van der Waals surface area contributed by atoms with Crippen molar-refractivity contribution in [2.75, 3.05) is 0 Å². The highest BCUT2D eigenvalue weighted by Crippen LogP contribution is 2.34. The molecule has 5 unspecified atom stereocenters. The molecule has 0 aliphatic rings. The summed E-state index contributed by atoms with van der Waals surface area (Å²) >= 11 is 0. The van der Waals surface area contributed by atoms with Gasteiger partial charge in [-0.2, -0.15) is 0 Å². The van der Waals surface area contributed by atoms with E-state index in [1.165, 1.54) is 25.7 Å². The monoisotopic (exact) mass is 226 g/mol. The molecule has 0 fully saturated rings. The predicted octanol–water partition coefficient (Wildman–Crippen LogP) is 5.77. The summed E-state index contributed by atoms with van der Waals surface area (Å²) < 4.78 is 0. The average molecular weight is 226 g/mol. The third-order valence-electron chi connectivity index (χ3n) is 5.04. The fourth-order valence-electron chi connectivity index (χ4n) is 2.76. The molecule has 0 bridgehead atoms. The first-order valence-corrected chi connectivity index (χ1v) is 7.47. The van der Waals surface area contributed by atoms with E-state index in [0.29, 0.717) is 0 Å². The molecule has 0 saturated heterocycles. The maximum atomic E-state index is 2.48. The lowest BCUT2D eigenvalue weighted by molar-refractivity contribution is 0.170. The van der Waals surface area contributed by atoms with E-state index in [1.807, 2.05) is 0 Å². The molecule has 0 rings (SSSR count). The number of rotatable bonds is 8. The quantitative estimate of drug-likeness (QED) is 0.493. The standard InChI is InChI=1S/C16H34/c1-8-12(4)11-16(10-3)15(7)14(6)13(5)9-2/h12-16H,8-11H2,1-7H3. The van der Waals surface area contributed by atoms with Gasteiger partial charge in [0, 0.05) is 0 Å². The van der Waals surface area contributed by atoms with E-state index < -0.39 is 0 Å². The highest BCUT2D eigenvalue weighted by molar-refractivity contribution is 4.75. The van der Waals surface area contributed by atoms with E-state index in [9.17, 15) is 0 Å². The van der Waals surface area contributed by atoms with Gasteiger partial charge < -0.3 is 0 Å². The SMILES string of the molecule is CCC(C)CC(CC)C(C)C(C)C(C)CC. The zero-order chi connectivity index (χ0) is 12.7. The Bertz CT molecular complexity index is 161. The van der Waals surface area contributed by atoms with E-state index in [0.717, 1.165) is 29.6 Å². The van der Waals surface area contributed by atoms with Crippen LogP contribution in [0.15, 0.2) is 0 Å². The first-order valence-electron chi connectivity index (χ1n) is 7.47. The summed E-state index contributed by atoms with van der Waals surface area (Å²) in [5.74, 6) is 4.46. The van der Waals surface area contributed by atoms with Crippen LogP contribution in [0.2, 0.25) is 0 Å². The van der Waals surface area contributed by atoms with Gasteiger partial charge in [-0.05, 0) is 36.0 Å². The molecule has 0 saturated carbocycles. The first kappa shape index (κ1) is 16.0. The molecule has 0 radical (unpaired) electrons. The Morgan fingerprint density at radius 1 is 0.688 bits per heavy atom. The lowest BCUT2D eigenvalue weighted by Crippen LogP contribution is -2.24. The summed E-state index contributed by atoms with van der Waals surface area (Å²) in [4.78, 5) is 0. The zero-order valence-electron chi connectivity index (χ0n) is 12.7. The summed E-state index contributed by atoms with van der Waals surface area (Å²) in [7, 11) is 0. The van der Waals surface area contributed by atoms with Crippen LogP contribution < -0.4 is 0 Å². The van der Waals surface area contributed by atoms with E-state index in [1.54, 1.807) is 0 Å². The molecule has 0 aliphatic carbocycles. The van der Waals surface area contributed by atoms with Crippen molar-refractivity contribution < 1.29 is 0 Å². The maximum absolute atomic E-state index is 2.48. The van der Waals surface area contributed by atoms with Gasteiger partial charge in [-0.25, -0.2) is 0 Å². The minimum absolute atomic E-state index is 0.874. The molecule has 0 aromatic heterocycles. The van der Waals surface area contributed by atoms with Gasteiger partial charge in [0.05, 0.1) is 0 Å². The van der Waals surface area contributed by atoms with Crippen LogP contribution in [-0.4, -0.2) is 0 Å². The van der Waals surface area contributed by atoms with Gasteiger partial charge >= 0.3 is 0 Å². The highest BCUT2D eigenvalue weighted by atomic mass is 14.3. The van der Waals surface area contributed by atoms with Gasteiger partial charge in [-0.3, -0.25) is 0 Å². The van der Waals surface area contributed by atoms with Gasteiger partial charge in [0.15, 0.2) is 0 Å². The summed E-state index contributed by atoms with van der Waals surface area (Å²) in [5, 5.41) is 0. The summed E-state index contributed by atoms with van der Waals surface area (Å²) in [5.41, 5.74) is 0. The molecule has 98 valence electrons. The normalized spacial score (nSPS) is 21.2. The van der Waals surface area contributed by atoms with Crippen LogP contribution in [-0.2, 0) is 0 Å². The van der Waals surface area contributed by atoms with Crippen molar-refractivity contribution in [3.63, 3.8) is 0 Å². The van der Waals surface area contributed by atoms with Crippen molar-refractivity contribution in [3.05, 3.63) is 0 Å². The van der Waals surface area contributed by atoms with Crippen molar-refractivity contribution in [1.82, 2.24) is 0 Å².